The molecule has 0 saturated heterocycles. The van der Waals surface area contributed by atoms with Gasteiger partial charge < -0.3 is 15.4 Å². The van der Waals surface area contributed by atoms with E-state index in [9.17, 15) is 4.39 Å². The Hall–Kier alpha value is -1.05. The van der Waals surface area contributed by atoms with Crippen LogP contribution in [0.3, 0.4) is 0 Å². The fourth-order valence-electron chi connectivity index (χ4n) is 2.67. The highest BCUT2D eigenvalue weighted by molar-refractivity contribution is 14.0. The van der Waals surface area contributed by atoms with Crippen LogP contribution in [0.5, 0.6) is 5.75 Å². The summed E-state index contributed by atoms with van der Waals surface area (Å²) >= 11 is 0. The summed E-state index contributed by atoms with van der Waals surface area (Å²) < 4.78 is 19.2. The van der Waals surface area contributed by atoms with Crippen molar-refractivity contribution in [3.63, 3.8) is 0 Å². The van der Waals surface area contributed by atoms with Crippen molar-refractivity contribution in [3.05, 3.63) is 30.1 Å². The topological polar surface area (TPSA) is 45.7 Å². The second kappa shape index (κ2) is 10.7. The summed E-state index contributed by atoms with van der Waals surface area (Å²) in [5.41, 5.74) is 0. The Labute approximate surface area is 155 Å². The zero-order valence-electron chi connectivity index (χ0n) is 13.8. The first-order chi connectivity index (χ1) is 10.7. The molecule has 1 aliphatic carbocycles. The maximum atomic E-state index is 13.5. The molecule has 4 nitrogen and oxygen atoms in total. The Morgan fingerprint density at radius 1 is 1.30 bits per heavy atom. The molecule has 1 aliphatic rings. The first kappa shape index (κ1) is 20.0. The standard InChI is InChI=1S/C17H26FN3O.HI/c1-13(22-16-11-7-6-10-15(16)18)12-20-17(19-2)21-14-8-4-3-5-9-14;/h6-7,10-11,13-14H,3-5,8-9,12H2,1-2H3,(H2,19,20,21);1H. The summed E-state index contributed by atoms with van der Waals surface area (Å²) in [4.78, 5) is 4.24. The molecule has 0 aliphatic heterocycles. The van der Waals surface area contributed by atoms with Crippen LogP contribution in [0.15, 0.2) is 29.3 Å². The number of para-hydroxylation sites is 1. The van der Waals surface area contributed by atoms with Gasteiger partial charge in [-0.2, -0.15) is 0 Å². The van der Waals surface area contributed by atoms with E-state index >= 15 is 0 Å². The highest BCUT2D eigenvalue weighted by Gasteiger charge is 2.15. The number of aliphatic imine (C=N–C) groups is 1. The normalized spacial score (nSPS) is 17.1. The Bertz CT molecular complexity index is 492. The number of nitrogens with zero attached hydrogens (tertiary/aromatic N) is 1. The molecule has 23 heavy (non-hydrogen) atoms. The molecule has 1 saturated carbocycles. The Morgan fingerprint density at radius 2 is 2.00 bits per heavy atom. The van der Waals surface area contributed by atoms with E-state index in [1.165, 1.54) is 38.2 Å². The number of guanidine groups is 1. The van der Waals surface area contributed by atoms with Gasteiger partial charge in [-0.05, 0) is 31.9 Å². The third-order valence-electron chi connectivity index (χ3n) is 3.89. The highest BCUT2D eigenvalue weighted by Crippen LogP contribution is 2.18. The van der Waals surface area contributed by atoms with Gasteiger partial charge in [-0.15, -0.1) is 24.0 Å². The van der Waals surface area contributed by atoms with Crippen LogP contribution < -0.4 is 15.4 Å². The number of halogens is 2. The minimum absolute atomic E-state index is 0. The van der Waals surface area contributed by atoms with E-state index in [1.807, 2.05) is 6.92 Å². The Kier molecular flexibility index (Phi) is 9.28. The molecule has 1 aromatic carbocycles. The monoisotopic (exact) mass is 435 g/mol. The van der Waals surface area contributed by atoms with Crippen LogP contribution in [0.25, 0.3) is 0 Å². The van der Waals surface area contributed by atoms with E-state index in [1.54, 1.807) is 25.2 Å². The van der Waals surface area contributed by atoms with Gasteiger partial charge in [0.1, 0.15) is 6.10 Å². The SMILES string of the molecule is CN=C(NCC(C)Oc1ccccc1F)NC1CCCCC1.I. The second-order valence-electron chi connectivity index (χ2n) is 5.79. The number of ether oxygens (including phenoxy) is 1. The molecule has 0 radical (unpaired) electrons. The lowest BCUT2D eigenvalue weighted by Gasteiger charge is -2.25. The van der Waals surface area contributed by atoms with Crippen molar-refractivity contribution < 1.29 is 9.13 Å². The van der Waals surface area contributed by atoms with Crippen molar-refractivity contribution in [2.75, 3.05) is 13.6 Å². The summed E-state index contributed by atoms with van der Waals surface area (Å²) in [5, 5.41) is 6.69. The van der Waals surface area contributed by atoms with E-state index in [2.05, 4.69) is 15.6 Å². The Balaban J connectivity index is 0.00000264. The van der Waals surface area contributed by atoms with Gasteiger partial charge in [0.25, 0.3) is 0 Å². The van der Waals surface area contributed by atoms with Crippen molar-refractivity contribution in [3.8, 4) is 5.75 Å². The van der Waals surface area contributed by atoms with Crippen molar-refractivity contribution in [2.45, 2.75) is 51.2 Å². The minimum atomic E-state index is -0.334. The number of hydrogen-bond acceptors (Lipinski definition) is 2. The molecule has 1 fully saturated rings. The van der Waals surface area contributed by atoms with E-state index in [0.717, 1.165) is 5.96 Å². The zero-order valence-corrected chi connectivity index (χ0v) is 16.2. The number of rotatable bonds is 5. The molecule has 2 rings (SSSR count). The quantitative estimate of drug-likeness (QED) is 0.421. The summed E-state index contributed by atoms with van der Waals surface area (Å²) in [7, 11) is 1.76. The molecule has 6 heteroatoms. The molecular weight excluding hydrogens is 408 g/mol. The molecule has 0 amide bonds. The number of nitrogens with one attached hydrogen (secondary N) is 2. The largest absolute Gasteiger partial charge is 0.486 e. The molecule has 2 N–H and O–H groups in total. The molecule has 0 heterocycles. The average Bonchev–Trinajstić information content (AvgIpc) is 2.54. The lowest BCUT2D eigenvalue weighted by Crippen LogP contribution is -2.46. The van der Waals surface area contributed by atoms with Gasteiger partial charge in [-0.3, -0.25) is 4.99 Å². The van der Waals surface area contributed by atoms with Crippen LogP contribution in [-0.2, 0) is 0 Å². The molecule has 1 unspecified atom stereocenters. The van der Waals surface area contributed by atoms with Crippen molar-refractivity contribution in [2.24, 2.45) is 4.99 Å². The van der Waals surface area contributed by atoms with Gasteiger partial charge >= 0.3 is 0 Å². The van der Waals surface area contributed by atoms with Crippen LogP contribution in [0.2, 0.25) is 0 Å². The van der Waals surface area contributed by atoms with Crippen molar-refractivity contribution in [1.29, 1.82) is 0 Å². The predicted molar refractivity (Wildman–Crippen MR) is 103 cm³/mol. The van der Waals surface area contributed by atoms with Crippen LogP contribution in [-0.4, -0.2) is 31.7 Å². The van der Waals surface area contributed by atoms with Crippen molar-refractivity contribution >= 4 is 29.9 Å². The Morgan fingerprint density at radius 3 is 2.65 bits per heavy atom. The third kappa shape index (κ3) is 6.93. The van der Waals surface area contributed by atoms with Crippen LogP contribution >= 0.6 is 24.0 Å². The van der Waals surface area contributed by atoms with Gasteiger partial charge in [0.2, 0.25) is 0 Å². The minimum Gasteiger partial charge on any atom is -0.486 e. The van der Waals surface area contributed by atoms with E-state index in [-0.39, 0.29) is 41.6 Å². The number of benzene rings is 1. The van der Waals surface area contributed by atoms with Crippen LogP contribution in [0.1, 0.15) is 39.0 Å². The van der Waals surface area contributed by atoms with Crippen LogP contribution in [0.4, 0.5) is 4.39 Å². The van der Waals surface area contributed by atoms with Crippen molar-refractivity contribution in [1.82, 2.24) is 10.6 Å². The van der Waals surface area contributed by atoms with E-state index in [0.29, 0.717) is 12.6 Å². The lowest BCUT2D eigenvalue weighted by atomic mass is 9.96. The highest BCUT2D eigenvalue weighted by atomic mass is 127. The first-order valence-corrected chi connectivity index (χ1v) is 8.07. The third-order valence-corrected chi connectivity index (χ3v) is 3.89. The van der Waals surface area contributed by atoms with Gasteiger partial charge in [0.05, 0.1) is 6.54 Å². The molecule has 130 valence electrons. The molecule has 1 atom stereocenters. The second-order valence-corrected chi connectivity index (χ2v) is 5.79. The average molecular weight is 435 g/mol. The smallest absolute Gasteiger partial charge is 0.191 e. The molecule has 0 aromatic heterocycles. The first-order valence-electron chi connectivity index (χ1n) is 8.07. The molecule has 0 spiro atoms. The molecule has 1 aromatic rings. The van der Waals surface area contributed by atoms with Gasteiger partial charge in [0, 0.05) is 13.1 Å². The molecular formula is C17H27FIN3O. The van der Waals surface area contributed by atoms with E-state index < -0.39 is 0 Å². The van der Waals surface area contributed by atoms with Gasteiger partial charge in [-0.1, -0.05) is 31.4 Å². The number of hydrogen-bond donors (Lipinski definition) is 2. The maximum absolute atomic E-state index is 13.5. The van der Waals surface area contributed by atoms with Crippen LogP contribution in [0, 0.1) is 5.82 Å². The molecule has 0 bridgehead atoms. The summed E-state index contributed by atoms with van der Waals surface area (Å²) in [6.45, 7) is 2.48. The fourth-order valence-corrected chi connectivity index (χ4v) is 2.67. The van der Waals surface area contributed by atoms with Gasteiger partial charge in [0.15, 0.2) is 17.5 Å². The van der Waals surface area contributed by atoms with E-state index in [4.69, 9.17) is 4.74 Å². The summed E-state index contributed by atoms with van der Waals surface area (Å²) in [5.74, 6) is 0.738. The fraction of sp³-hybridized carbons (Fsp3) is 0.588. The summed E-state index contributed by atoms with van der Waals surface area (Å²) in [6, 6.07) is 6.96. The summed E-state index contributed by atoms with van der Waals surface area (Å²) in [6.07, 6.45) is 6.13. The zero-order chi connectivity index (χ0) is 15.8. The lowest BCUT2D eigenvalue weighted by molar-refractivity contribution is 0.213. The predicted octanol–water partition coefficient (Wildman–Crippen LogP) is 3.71. The maximum Gasteiger partial charge on any atom is 0.191 e. The van der Waals surface area contributed by atoms with Gasteiger partial charge in [-0.25, -0.2) is 4.39 Å².